The number of aliphatic carboxylic acids is 2. The van der Waals surface area contributed by atoms with Crippen LogP contribution in [0.15, 0.2) is 60.7 Å². The Morgan fingerprint density at radius 1 is 0.800 bits per heavy atom. The molecule has 0 spiro atoms. The molecule has 2 atom stereocenters. The van der Waals surface area contributed by atoms with Crippen LogP contribution in [0.25, 0.3) is 0 Å². The predicted octanol–water partition coefficient (Wildman–Crippen LogP) is 1.07. The highest BCUT2D eigenvalue weighted by atomic mass is 16.5. The molecule has 0 aliphatic heterocycles. The van der Waals surface area contributed by atoms with Gasteiger partial charge in [0.15, 0.2) is 0 Å². The Kier molecular flexibility index (Phi) is 10.7. The third-order valence-corrected chi connectivity index (χ3v) is 4.80. The first kappa shape index (κ1) is 26.8. The molecule has 2 aromatic rings. The van der Waals surface area contributed by atoms with Gasteiger partial charge in [0.1, 0.15) is 25.2 Å². The van der Waals surface area contributed by atoms with Crippen molar-refractivity contribution in [3.63, 3.8) is 0 Å². The zero-order valence-corrected chi connectivity index (χ0v) is 18.8. The Hall–Kier alpha value is -4.41. The van der Waals surface area contributed by atoms with Gasteiger partial charge in [0.05, 0.1) is 0 Å². The summed E-state index contributed by atoms with van der Waals surface area (Å²) in [5, 5.41) is 25.1. The summed E-state index contributed by atoms with van der Waals surface area (Å²) in [4.78, 5) is 59.3. The normalized spacial score (nSPS) is 12.0. The maximum atomic E-state index is 12.8. The van der Waals surface area contributed by atoms with E-state index in [2.05, 4.69) is 16.0 Å². The van der Waals surface area contributed by atoms with Crippen LogP contribution in [0.3, 0.4) is 0 Å². The summed E-state index contributed by atoms with van der Waals surface area (Å²) >= 11 is 0. The van der Waals surface area contributed by atoms with Gasteiger partial charge in [-0.25, -0.2) is 9.59 Å². The zero-order valence-electron chi connectivity index (χ0n) is 18.8. The third-order valence-electron chi connectivity index (χ3n) is 4.80. The number of rotatable bonds is 13. The van der Waals surface area contributed by atoms with E-state index in [1.807, 2.05) is 6.07 Å². The standard InChI is InChI=1S/C24H27N3O8/c28-20(14-25-24(34)35-15-17-9-5-2-6-10-17)26-19(13-16-7-3-1-4-8-16)22(31)27-18(23(32)33)11-12-21(29)30/h1-10,18-19H,11-15H2,(H,25,34)(H,26,28)(H,27,31)(H,29,30)(H,32,33)/t18-,19?/m0/s1. The number of carboxylic acids is 2. The van der Waals surface area contributed by atoms with Crippen LogP contribution in [0.4, 0.5) is 4.79 Å². The highest BCUT2D eigenvalue weighted by Gasteiger charge is 2.27. The Labute approximate surface area is 201 Å². The van der Waals surface area contributed by atoms with Crippen molar-refractivity contribution in [2.45, 2.75) is 38.0 Å². The summed E-state index contributed by atoms with van der Waals surface area (Å²) in [7, 11) is 0. The van der Waals surface area contributed by atoms with Crippen LogP contribution in [0.1, 0.15) is 24.0 Å². The number of carbonyl (C=O) groups excluding carboxylic acids is 3. The minimum atomic E-state index is -1.44. The van der Waals surface area contributed by atoms with Gasteiger partial charge in [-0.15, -0.1) is 0 Å². The predicted molar refractivity (Wildman–Crippen MR) is 123 cm³/mol. The molecular weight excluding hydrogens is 458 g/mol. The van der Waals surface area contributed by atoms with Gasteiger partial charge in [0.25, 0.3) is 0 Å². The van der Waals surface area contributed by atoms with Crippen molar-refractivity contribution in [2.24, 2.45) is 0 Å². The van der Waals surface area contributed by atoms with Gasteiger partial charge in [-0.05, 0) is 17.5 Å². The molecule has 11 heteroatoms. The fourth-order valence-electron chi connectivity index (χ4n) is 3.03. The molecule has 3 amide bonds. The second-order valence-electron chi connectivity index (χ2n) is 7.56. The Bertz CT molecular complexity index is 1010. The van der Waals surface area contributed by atoms with Crippen molar-refractivity contribution < 1.29 is 38.9 Å². The minimum Gasteiger partial charge on any atom is -0.481 e. The highest BCUT2D eigenvalue weighted by molar-refractivity contribution is 5.91. The maximum absolute atomic E-state index is 12.8. The first-order valence-corrected chi connectivity index (χ1v) is 10.8. The third kappa shape index (κ3) is 10.4. The van der Waals surface area contributed by atoms with Gasteiger partial charge in [0, 0.05) is 12.8 Å². The van der Waals surface area contributed by atoms with Gasteiger partial charge in [-0.2, -0.15) is 0 Å². The summed E-state index contributed by atoms with van der Waals surface area (Å²) in [5.41, 5.74) is 1.46. The van der Waals surface area contributed by atoms with E-state index >= 15 is 0 Å². The fraction of sp³-hybridized carbons (Fsp3) is 0.292. The number of nitrogens with one attached hydrogen (secondary N) is 3. The lowest BCUT2D eigenvalue weighted by atomic mass is 10.0. The van der Waals surface area contributed by atoms with E-state index < -0.39 is 54.9 Å². The first-order chi connectivity index (χ1) is 16.7. The molecule has 186 valence electrons. The van der Waals surface area contributed by atoms with Crippen molar-refractivity contribution in [3.8, 4) is 0 Å². The molecule has 11 nitrogen and oxygen atoms in total. The van der Waals surface area contributed by atoms with Gasteiger partial charge in [0.2, 0.25) is 11.8 Å². The van der Waals surface area contributed by atoms with E-state index in [-0.39, 0.29) is 19.4 Å². The van der Waals surface area contributed by atoms with Crippen LogP contribution in [0.5, 0.6) is 0 Å². The Morgan fingerprint density at radius 2 is 1.40 bits per heavy atom. The molecule has 35 heavy (non-hydrogen) atoms. The van der Waals surface area contributed by atoms with Gasteiger partial charge in [-0.1, -0.05) is 60.7 Å². The molecule has 5 N–H and O–H groups in total. The van der Waals surface area contributed by atoms with Crippen LogP contribution < -0.4 is 16.0 Å². The molecule has 1 unspecified atom stereocenters. The number of amides is 3. The average molecular weight is 485 g/mol. The van der Waals surface area contributed by atoms with Gasteiger partial charge < -0.3 is 30.9 Å². The molecule has 0 saturated carbocycles. The van der Waals surface area contributed by atoms with E-state index in [0.29, 0.717) is 5.56 Å². The van der Waals surface area contributed by atoms with Gasteiger partial charge in [-0.3, -0.25) is 14.4 Å². The lowest BCUT2D eigenvalue weighted by Crippen LogP contribution is -2.54. The van der Waals surface area contributed by atoms with Crippen molar-refractivity contribution >= 4 is 29.8 Å². The molecule has 2 rings (SSSR count). The molecule has 0 heterocycles. The van der Waals surface area contributed by atoms with Crippen LogP contribution in [0, 0.1) is 0 Å². The topological polar surface area (TPSA) is 171 Å². The summed E-state index contributed by atoms with van der Waals surface area (Å²) in [6, 6.07) is 15.0. The first-order valence-electron chi connectivity index (χ1n) is 10.8. The summed E-state index contributed by atoms with van der Waals surface area (Å²) in [5.74, 6) is -4.10. The summed E-state index contributed by atoms with van der Waals surface area (Å²) in [6.45, 7) is -0.464. The zero-order chi connectivity index (χ0) is 25.6. The molecule has 0 bridgehead atoms. The Balaban J connectivity index is 1.96. The Morgan fingerprint density at radius 3 is 1.97 bits per heavy atom. The summed E-state index contributed by atoms with van der Waals surface area (Å²) < 4.78 is 5.03. The maximum Gasteiger partial charge on any atom is 0.407 e. The van der Waals surface area contributed by atoms with Crippen LogP contribution in [-0.2, 0) is 36.9 Å². The molecule has 0 aromatic heterocycles. The van der Waals surface area contributed by atoms with E-state index in [1.54, 1.807) is 54.6 Å². The number of benzene rings is 2. The molecule has 0 radical (unpaired) electrons. The number of alkyl carbamates (subject to hydrolysis) is 1. The van der Waals surface area contributed by atoms with Crippen molar-refractivity contribution in [2.75, 3.05) is 6.54 Å². The largest absolute Gasteiger partial charge is 0.481 e. The van der Waals surface area contributed by atoms with E-state index in [1.165, 1.54) is 0 Å². The van der Waals surface area contributed by atoms with Gasteiger partial charge >= 0.3 is 18.0 Å². The second kappa shape index (κ2) is 14.0. The van der Waals surface area contributed by atoms with Crippen molar-refractivity contribution in [1.82, 2.24) is 16.0 Å². The molecule has 2 aromatic carbocycles. The molecule has 0 saturated heterocycles. The SMILES string of the molecule is O=C(O)CC[C@H](NC(=O)C(Cc1ccccc1)NC(=O)CNC(=O)OCc1ccccc1)C(=O)O. The quantitative estimate of drug-likeness (QED) is 0.280. The smallest absolute Gasteiger partial charge is 0.407 e. The molecular formula is C24H27N3O8. The van der Waals surface area contributed by atoms with E-state index in [9.17, 15) is 29.1 Å². The molecule has 0 aliphatic carbocycles. The van der Waals surface area contributed by atoms with Crippen LogP contribution in [0.2, 0.25) is 0 Å². The van der Waals surface area contributed by atoms with E-state index in [4.69, 9.17) is 9.84 Å². The number of ether oxygens (including phenoxy) is 1. The van der Waals surface area contributed by atoms with Crippen LogP contribution >= 0.6 is 0 Å². The monoisotopic (exact) mass is 485 g/mol. The lowest BCUT2D eigenvalue weighted by Gasteiger charge is -2.21. The highest BCUT2D eigenvalue weighted by Crippen LogP contribution is 2.06. The minimum absolute atomic E-state index is 0.0141. The number of hydrogen-bond donors (Lipinski definition) is 5. The fourth-order valence-corrected chi connectivity index (χ4v) is 3.03. The van der Waals surface area contributed by atoms with Crippen LogP contribution in [-0.4, -0.2) is 58.7 Å². The van der Waals surface area contributed by atoms with Crippen molar-refractivity contribution in [1.29, 1.82) is 0 Å². The molecule has 0 aliphatic rings. The lowest BCUT2D eigenvalue weighted by molar-refractivity contribution is -0.143. The van der Waals surface area contributed by atoms with Crippen molar-refractivity contribution in [3.05, 3.63) is 71.8 Å². The van der Waals surface area contributed by atoms with E-state index in [0.717, 1.165) is 5.56 Å². The number of carboxylic acid groups (broad SMARTS) is 2. The summed E-state index contributed by atoms with van der Waals surface area (Å²) in [6.07, 6.45) is -1.56. The second-order valence-corrected chi connectivity index (χ2v) is 7.56. The number of carbonyl (C=O) groups is 5. The molecule has 0 fully saturated rings. The number of hydrogen-bond acceptors (Lipinski definition) is 6. The average Bonchev–Trinajstić information content (AvgIpc) is 2.84.